The monoisotopic (exact) mass is 310 g/mol. The summed E-state index contributed by atoms with van der Waals surface area (Å²) in [6.45, 7) is 4.76. The molecule has 1 heterocycles. The van der Waals surface area contributed by atoms with Gasteiger partial charge in [0.1, 0.15) is 0 Å². The van der Waals surface area contributed by atoms with Gasteiger partial charge in [-0.3, -0.25) is 14.6 Å². The quantitative estimate of drug-likeness (QED) is 0.746. The smallest absolute Gasteiger partial charge is 0.368 e. The molecule has 21 heavy (non-hydrogen) atoms. The topological polar surface area (TPSA) is 61.6 Å². The van der Waals surface area contributed by atoms with Crippen LogP contribution in [0.4, 0.5) is 13.2 Å². The molecule has 0 aromatic heterocycles. The van der Waals surface area contributed by atoms with E-state index in [9.17, 15) is 18.0 Å². The number of carbonyl (C=O) groups excluding carboxylic acids is 1. The zero-order chi connectivity index (χ0) is 16.3. The maximum atomic E-state index is 12.3. The van der Waals surface area contributed by atoms with Crippen LogP contribution in [-0.4, -0.2) is 73.2 Å². The predicted molar refractivity (Wildman–Crippen MR) is 74.8 cm³/mol. The molecule has 1 rings (SSSR count). The highest BCUT2D eigenvalue weighted by atomic mass is 19.4. The van der Waals surface area contributed by atoms with Crippen LogP contribution in [0, 0.1) is 0 Å². The standard InChI is InChI=1S/C13H25F3N4O/c1-10(8-12(2,18-3)11(17)21)20-6-4-19(5-7-20)9-13(14,15)16/h10,18H,4-9H2,1-3H3,(H2,17,21). The maximum Gasteiger partial charge on any atom is 0.401 e. The van der Waals surface area contributed by atoms with Crippen molar-refractivity contribution in [2.24, 2.45) is 5.73 Å². The Balaban J connectivity index is 2.48. The molecule has 1 aliphatic heterocycles. The summed E-state index contributed by atoms with van der Waals surface area (Å²) in [4.78, 5) is 15.0. The third kappa shape index (κ3) is 5.44. The molecule has 124 valence electrons. The highest BCUT2D eigenvalue weighted by Crippen LogP contribution is 2.20. The van der Waals surface area contributed by atoms with Crippen LogP contribution in [-0.2, 0) is 4.79 Å². The van der Waals surface area contributed by atoms with E-state index in [1.807, 2.05) is 6.92 Å². The Morgan fingerprint density at radius 1 is 1.29 bits per heavy atom. The summed E-state index contributed by atoms with van der Waals surface area (Å²) in [6, 6.07) is 0.0722. The van der Waals surface area contributed by atoms with Gasteiger partial charge in [0, 0.05) is 32.2 Å². The van der Waals surface area contributed by atoms with Gasteiger partial charge in [0.15, 0.2) is 0 Å². The van der Waals surface area contributed by atoms with Crippen molar-refractivity contribution in [1.29, 1.82) is 0 Å². The molecule has 0 saturated carbocycles. The van der Waals surface area contributed by atoms with E-state index in [0.717, 1.165) is 0 Å². The first kappa shape index (κ1) is 18.2. The minimum atomic E-state index is -4.15. The molecule has 0 bridgehead atoms. The minimum Gasteiger partial charge on any atom is -0.368 e. The first-order chi connectivity index (χ1) is 9.57. The van der Waals surface area contributed by atoms with E-state index in [1.54, 1.807) is 14.0 Å². The number of likely N-dealkylation sites (N-methyl/N-ethyl adjacent to an activating group) is 1. The molecule has 0 aromatic rings. The fourth-order valence-electron chi connectivity index (χ4n) is 2.66. The van der Waals surface area contributed by atoms with Gasteiger partial charge >= 0.3 is 6.18 Å². The number of hydrogen-bond donors (Lipinski definition) is 2. The van der Waals surface area contributed by atoms with Crippen molar-refractivity contribution in [3.05, 3.63) is 0 Å². The molecule has 2 atom stereocenters. The van der Waals surface area contributed by atoms with Crippen LogP contribution in [0.2, 0.25) is 0 Å². The lowest BCUT2D eigenvalue weighted by Crippen LogP contribution is -2.57. The number of nitrogens with two attached hydrogens (primary N) is 1. The van der Waals surface area contributed by atoms with Gasteiger partial charge in [-0.25, -0.2) is 0 Å². The number of primary amides is 1. The van der Waals surface area contributed by atoms with Crippen molar-refractivity contribution < 1.29 is 18.0 Å². The average molecular weight is 310 g/mol. The largest absolute Gasteiger partial charge is 0.401 e. The third-order valence-electron chi connectivity index (χ3n) is 4.23. The van der Waals surface area contributed by atoms with Gasteiger partial charge in [0.05, 0.1) is 12.1 Å². The van der Waals surface area contributed by atoms with Crippen LogP contribution < -0.4 is 11.1 Å². The second-order valence-electron chi connectivity index (χ2n) is 5.93. The second-order valence-corrected chi connectivity index (χ2v) is 5.93. The SMILES string of the molecule is CNC(C)(CC(C)N1CCN(CC(F)(F)F)CC1)C(N)=O. The van der Waals surface area contributed by atoms with E-state index in [1.165, 1.54) is 4.90 Å². The maximum absolute atomic E-state index is 12.3. The molecular weight excluding hydrogens is 285 g/mol. The van der Waals surface area contributed by atoms with Gasteiger partial charge in [-0.1, -0.05) is 0 Å². The van der Waals surface area contributed by atoms with Crippen LogP contribution in [0.3, 0.4) is 0 Å². The first-order valence-corrected chi connectivity index (χ1v) is 7.09. The van der Waals surface area contributed by atoms with E-state index in [2.05, 4.69) is 10.2 Å². The van der Waals surface area contributed by atoms with E-state index in [0.29, 0.717) is 32.6 Å². The highest BCUT2D eigenvalue weighted by molar-refractivity contribution is 5.84. The summed E-state index contributed by atoms with van der Waals surface area (Å²) in [5.74, 6) is -0.424. The lowest BCUT2D eigenvalue weighted by molar-refractivity contribution is -0.150. The fraction of sp³-hybridized carbons (Fsp3) is 0.923. The molecule has 1 amide bonds. The van der Waals surface area contributed by atoms with Crippen LogP contribution in [0.25, 0.3) is 0 Å². The summed E-state index contributed by atoms with van der Waals surface area (Å²) in [6.07, 6.45) is -3.62. The van der Waals surface area contributed by atoms with Crippen LogP contribution in [0.1, 0.15) is 20.3 Å². The Labute approximate surface area is 123 Å². The molecule has 2 unspecified atom stereocenters. The number of piperazine rings is 1. The zero-order valence-electron chi connectivity index (χ0n) is 12.8. The average Bonchev–Trinajstić information content (AvgIpc) is 2.37. The molecule has 0 radical (unpaired) electrons. The molecule has 3 N–H and O–H groups in total. The number of rotatable bonds is 6. The lowest BCUT2D eigenvalue weighted by Gasteiger charge is -2.40. The number of alkyl halides is 3. The molecule has 5 nitrogen and oxygen atoms in total. The van der Waals surface area contributed by atoms with E-state index >= 15 is 0 Å². The molecule has 0 spiro atoms. The molecule has 1 fully saturated rings. The second kappa shape index (κ2) is 6.93. The van der Waals surface area contributed by atoms with Crippen LogP contribution in [0.5, 0.6) is 0 Å². The summed E-state index contributed by atoms with van der Waals surface area (Å²) in [5.41, 5.74) is 4.59. The number of amides is 1. The minimum absolute atomic E-state index is 0.0722. The molecule has 8 heteroatoms. The zero-order valence-corrected chi connectivity index (χ0v) is 12.8. The van der Waals surface area contributed by atoms with E-state index < -0.39 is 24.2 Å². The summed E-state index contributed by atoms with van der Waals surface area (Å²) in [7, 11) is 1.68. The molecule has 1 saturated heterocycles. The molecule has 1 aliphatic rings. The van der Waals surface area contributed by atoms with Gasteiger partial charge in [-0.15, -0.1) is 0 Å². The van der Waals surface area contributed by atoms with Gasteiger partial charge in [0.2, 0.25) is 5.91 Å². The number of hydrogen-bond acceptors (Lipinski definition) is 4. The van der Waals surface area contributed by atoms with Crippen molar-refractivity contribution in [3.63, 3.8) is 0 Å². The normalized spacial score (nSPS) is 22.8. The molecule has 0 aliphatic carbocycles. The van der Waals surface area contributed by atoms with Gasteiger partial charge < -0.3 is 11.1 Å². The summed E-state index contributed by atoms with van der Waals surface area (Å²) >= 11 is 0. The Hall–Kier alpha value is -0.860. The number of nitrogens with one attached hydrogen (secondary N) is 1. The summed E-state index contributed by atoms with van der Waals surface area (Å²) in [5, 5.41) is 2.93. The van der Waals surface area contributed by atoms with Gasteiger partial charge in [-0.05, 0) is 27.3 Å². The van der Waals surface area contributed by atoms with Gasteiger partial charge in [-0.2, -0.15) is 13.2 Å². The summed E-state index contributed by atoms with van der Waals surface area (Å²) < 4.78 is 37.0. The Morgan fingerprint density at radius 3 is 2.19 bits per heavy atom. The van der Waals surface area contributed by atoms with Crippen molar-refractivity contribution in [2.45, 2.75) is 38.0 Å². The molecule has 0 aromatic carbocycles. The Bertz CT molecular complexity index is 356. The van der Waals surface area contributed by atoms with Gasteiger partial charge in [0.25, 0.3) is 0 Å². The predicted octanol–water partition coefficient (Wildman–Crippen LogP) is 0.408. The van der Waals surface area contributed by atoms with E-state index in [4.69, 9.17) is 5.73 Å². The van der Waals surface area contributed by atoms with Crippen LogP contribution >= 0.6 is 0 Å². The first-order valence-electron chi connectivity index (χ1n) is 7.09. The van der Waals surface area contributed by atoms with Crippen molar-refractivity contribution in [2.75, 3.05) is 39.8 Å². The lowest BCUT2D eigenvalue weighted by atomic mass is 9.92. The van der Waals surface area contributed by atoms with Crippen molar-refractivity contribution in [1.82, 2.24) is 15.1 Å². The Kier molecular flexibility index (Phi) is 6.01. The molecular formula is C13H25F3N4O. The Morgan fingerprint density at radius 2 is 1.81 bits per heavy atom. The van der Waals surface area contributed by atoms with Crippen molar-refractivity contribution >= 4 is 5.91 Å². The fourth-order valence-corrected chi connectivity index (χ4v) is 2.66. The van der Waals surface area contributed by atoms with E-state index in [-0.39, 0.29) is 6.04 Å². The van der Waals surface area contributed by atoms with Crippen molar-refractivity contribution in [3.8, 4) is 0 Å². The van der Waals surface area contributed by atoms with Crippen LogP contribution in [0.15, 0.2) is 0 Å². The third-order valence-corrected chi connectivity index (χ3v) is 4.23. The number of carbonyl (C=O) groups is 1. The highest BCUT2D eigenvalue weighted by Gasteiger charge is 2.35. The number of halogens is 3. The number of nitrogens with zero attached hydrogens (tertiary/aromatic N) is 2.